The molecule has 0 fully saturated rings. The molecule has 1 atom stereocenters. The highest BCUT2D eigenvalue weighted by atomic mass is 19.1. The second kappa shape index (κ2) is 4.74. The number of halogens is 1. The molecule has 1 N–H and O–H groups in total. The summed E-state index contributed by atoms with van der Waals surface area (Å²) in [6.07, 6.45) is -1.14. The molecule has 5 heteroatoms. The van der Waals surface area contributed by atoms with Gasteiger partial charge in [0.1, 0.15) is 0 Å². The molecule has 1 aromatic rings. The van der Waals surface area contributed by atoms with Gasteiger partial charge >= 0.3 is 5.97 Å². The second-order valence-corrected chi connectivity index (χ2v) is 3.30. The Labute approximate surface area is 91.7 Å². The molecular weight excluding hydrogens is 215 g/mol. The van der Waals surface area contributed by atoms with E-state index in [4.69, 9.17) is 9.84 Å². The maximum absolute atomic E-state index is 13.4. The molecule has 0 aliphatic rings. The van der Waals surface area contributed by atoms with Gasteiger partial charge in [-0.1, -0.05) is 0 Å². The van der Waals surface area contributed by atoms with E-state index < -0.39 is 17.9 Å². The van der Waals surface area contributed by atoms with Crippen molar-refractivity contribution in [2.75, 3.05) is 0 Å². The van der Waals surface area contributed by atoms with Crippen LogP contribution in [0.15, 0.2) is 18.2 Å². The fraction of sp³-hybridized carbons (Fsp3) is 0.273. The molecular formula is C11H11FO4. The molecule has 86 valence electrons. The molecule has 4 nitrogen and oxygen atoms in total. The Morgan fingerprint density at radius 2 is 2.06 bits per heavy atom. The van der Waals surface area contributed by atoms with Crippen LogP contribution in [-0.2, 0) is 4.79 Å². The van der Waals surface area contributed by atoms with Gasteiger partial charge in [0, 0.05) is 5.56 Å². The van der Waals surface area contributed by atoms with E-state index in [2.05, 4.69) is 0 Å². The minimum absolute atomic E-state index is 0.181. The zero-order valence-corrected chi connectivity index (χ0v) is 8.86. The predicted molar refractivity (Wildman–Crippen MR) is 54.1 cm³/mol. The van der Waals surface area contributed by atoms with E-state index in [1.807, 2.05) is 0 Å². The Morgan fingerprint density at radius 1 is 1.44 bits per heavy atom. The number of Topliss-reactive ketones (excluding diaryl/α,β-unsaturated/α-hetero) is 1. The Balaban J connectivity index is 2.91. The number of carbonyl (C=O) groups is 2. The van der Waals surface area contributed by atoms with Crippen LogP contribution in [0, 0.1) is 5.82 Å². The summed E-state index contributed by atoms with van der Waals surface area (Å²) in [4.78, 5) is 21.4. The number of carboxylic acid groups (broad SMARTS) is 1. The summed E-state index contributed by atoms with van der Waals surface area (Å²) in [6.45, 7) is 2.61. The van der Waals surface area contributed by atoms with Gasteiger partial charge in [0.15, 0.2) is 23.5 Å². The lowest BCUT2D eigenvalue weighted by Gasteiger charge is -2.11. The summed E-state index contributed by atoms with van der Waals surface area (Å²) in [7, 11) is 0. The van der Waals surface area contributed by atoms with Crippen LogP contribution in [0.5, 0.6) is 5.75 Å². The van der Waals surface area contributed by atoms with Gasteiger partial charge in [-0.15, -0.1) is 0 Å². The molecule has 0 radical (unpaired) electrons. The Hall–Kier alpha value is -1.91. The lowest BCUT2D eigenvalue weighted by molar-refractivity contribution is -0.144. The largest absolute Gasteiger partial charge is 0.479 e. The van der Waals surface area contributed by atoms with E-state index >= 15 is 0 Å². The van der Waals surface area contributed by atoms with Crippen molar-refractivity contribution in [1.82, 2.24) is 0 Å². The number of ether oxygens (including phenoxy) is 1. The van der Waals surface area contributed by atoms with Gasteiger partial charge in [-0.25, -0.2) is 9.18 Å². The molecule has 0 amide bonds. The monoisotopic (exact) mass is 226 g/mol. The lowest BCUT2D eigenvalue weighted by Crippen LogP contribution is -2.23. The van der Waals surface area contributed by atoms with E-state index in [9.17, 15) is 14.0 Å². The van der Waals surface area contributed by atoms with E-state index in [0.29, 0.717) is 0 Å². The van der Waals surface area contributed by atoms with Crippen molar-refractivity contribution in [1.29, 1.82) is 0 Å². The molecule has 0 aliphatic carbocycles. The van der Waals surface area contributed by atoms with Gasteiger partial charge in [-0.3, -0.25) is 4.79 Å². The average molecular weight is 226 g/mol. The summed E-state index contributed by atoms with van der Waals surface area (Å²) in [5.41, 5.74) is 0.216. The molecule has 1 aromatic carbocycles. The zero-order chi connectivity index (χ0) is 12.3. The van der Waals surface area contributed by atoms with Crippen LogP contribution in [0.2, 0.25) is 0 Å². The third-order valence-electron chi connectivity index (χ3n) is 1.99. The molecule has 0 saturated carbocycles. The molecule has 0 aromatic heterocycles. The van der Waals surface area contributed by atoms with E-state index in [-0.39, 0.29) is 17.1 Å². The first-order chi connectivity index (χ1) is 7.41. The fourth-order valence-electron chi connectivity index (χ4n) is 1.06. The highest BCUT2D eigenvalue weighted by Gasteiger charge is 2.15. The summed E-state index contributed by atoms with van der Waals surface area (Å²) < 4.78 is 18.2. The van der Waals surface area contributed by atoms with Crippen molar-refractivity contribution in [3.8, 4) is 5.75 Å². The fourth-order valence-corrected chi connectivity index (χ4v) is 1.06. The van der Waals surface area contributed by atoms with Crippen LogP contribution in [0.3, 0.4) is 0 Å². The van der Waals surface area contributed by atoms with E-state index in [0.717, 1.165) is 6.07 Å². The highest BCUT2D eigenvalue weighted by molar-refractivity contribution is 5.94. The third-order valence-corrected chi connectivity index (χ3v) is 1.99. The molecule has 0 heterocycles. The van der Waals surface area contributed by atoms with Gasteiger partial charge < -0.3 is 9.84 Å². The summed E-state index contributed by atoms with van der Waals surface area (Å²) >= 11 is 0. The first-order valence-corrected chi connectivity index (χ1v) is 4.61. The van der Waals surface area contributed by atoms with Gasteiger partial charge in [-0.05, 0) is 32.0 Å². The second-order valence-electron chi connectivity index (χ2n) is 3.30. The smallest absolute Gasteiger partial charge is 0.344 e. The van der Waals surface area contributed by atoms with Crippen LogP contribution in [0.25, 0.3) is 0 Å². The van der Waals surface area contributed by atoms with E-state index in [1.165, 1.54) is 26.0 Å². The topological polar surface area (TPSA) is 63.6 Å². The highest BCUT2D eigenvalue weighted by Crippen LogP contribution is 2.19. The number of ketones is 1. The molecule has 0 aliphatic heterocycles. The SMILES string of the molecule is CC(=O)c1ccc(OC(C)C(=O)O)c(F)c1. The van der Waals surface area contributed by atoms with Crippen LogP contribution >= 0.6 is 0 Å². The molecule has 0 saturated heterocycles. The first-order valence-electron chi connectivity index (χ1n) is 4.61. The quantitative estimate of drug-likeness (QED) is 0.796. The predicted octanol–water partition coefficient (Wildman–Crippen LogP) is 1.88. The number of benzene rings is 1. The van der Waals surface area contributed by atoms with E-state index in [1.54, 1.807) is 0 Å². The molecule has 1 rings (SSSR count). The van der Waals surface area contributed by atoms with Crippen LogP contribution in [0.4, 0.5) is 4.39 Å². The summed E-state index contributed by atoms with van der Waals surface area (Å²) in [5, 5.41) is 8.58. The zero-order valence-electron chi connectivity index (χ0n) is 8.86. The normalized spacial score (nSPS) is 11.9. The lowest BCUT2D eigenvalue weighted by atomic mass is 10.1. The maximum Gasteiger partial charge on any atom is 0.344 e. The number of carbonyl (C=O) groups excluding carboxylic acids is 1. The molecule has 16 heavy (non-hydrogen) atoms. The number of hydrogen-bond acceptors (Lipinski definition) is 3. The molecule has 1 unspecified atom stereocenters. The third kappa shape index (κ3) is 2.79. The Bertz CT molecular complexity index is 428. The van der Waals surface area contributed by atoms with Crippen molar-refractivity contribution in [2.24, 2.45) is 0 Å². The number of aliphatic carboxylic acids is 1. The number of hydrogen-bond donors (Lipinski definition) is 1. The number of rotatable bonds is 4. The van der Waals surface area contributed by atoms with Gasteiger partial charge in [-0.2, -0.15) is 0 Å². The van der Waals surface area contributed by atoms with Crippen molar-refractivity contribution in [2.45, 2.75) is 20.0 Å². The van der Waals surface area contributed by atoms with Gasteiger partial charge in [0.2, 0.25) is 0 Å². The van der Waals surface area contributed by atoms with Gasteiger partial charge in [0.05, 0.1) is 0 Å². The molecule has 0 bridgehead atoms. The summed E-state index contributed by atoms with van der Waals surface area (Å²) in [5.74, 6) is -2.38. The summed E-state index contributed by atoms with van der Waals surface area (Å²) in [6, 6.07) is 3.65. The Kier molecular flexibility index (Phi) is 3.60. The van der Waals surface area contributed by atoms with Crippen molar-refractivity contribution < 1.29 is 23.8 Å². The first kappa shape index (κ1) is 12.2. The Morgan fingerprint density at radius 3 is 2.50 bits per heavy atom. The maximum atomic E-state index is 13.4. The standard InChI is InChI=1S/C11H11FO4/c1-6(13)8-3-4-10(9(12)5-8)16-7(2)11(14)15/h3-5,7H,1-2H3,(H,14,15). The van der Waals surface area contributed by atoms with Crippen molar-refractivity contribution in [3.05, 3.63) is 29.6 Å². The minimum atomic E-state index is -1.19. The van der Waals surface area contributed by atoms with Gasteiger partial charge in [0.25, 0.3) is 0 Å². The average Bonchev–Trinajstić information content (AvgIpc) is 2.20. The molecule has 0 spiro atoms. The van der Waals surface area contributed by atoms with Crippen LogP contribution < -0.4 is 4.74 Å². The van der Waals surface area contributed by atoms with Crippen molar-refractivity contribution in [3.63, 3.8) is 0 Å². The van der Waals surface area contributed by atoms with Crippen LogP contribution in [-0.4, -0.2) is 23.0 Å². The van der Waals surface area contributed by atoms with Crippen LogP contribution in [0.1, 0.15) is 24.2 Å². The number of carboxylic acids is 1. The minimum Gasteiger partial charge on any atom is -0.479 e. The van der Waals surface area contributed by atoms with Crippen molar-refractivity contribution >= 4 is 11.8 Å².